The van der Waals surface area contributed by atoms with Crippen molar-refractivity contribution in [3.05, 3.63) is 65.4 Å². The molecule has 2 aromatic carbocycles. The van der Waals surface area contributed by atoms with Gasteiger partial charge in [0.05, 0.1) is 42.5 Å². The molecule has 288 valence electrons. The normalized spacial score (nSPS) is 18.3. The second-order valence-corrected chi connectivity index (χ2v) is 16.7. The van der Waals surface area contributed by atoms with Gasteiger partial charge in [0.2, 0.25) is 21.8 Å². The molecule has 17 heteroatoms. The number of β-amino-alcohol motifs (C(OH)–C–C–N with tert-alkyl or cyclic N) is 1. The first-order valence-electron chi connectivity index (χ1n) is 17.8. The summed E-state index contributed by atoms with van der Waals surface area (Å²) < 4.78 is 76.1. The van der Waals surface area contributed by atoms with Crippen LogP contribution < -0.4 is 10.1 Å². The standard InChI is InChI=1S/C36H45F3N6O6S2/c1-53(49,50)43-18-13-31-29(23-43)35(41-45(31)22-27(46)21-42-16-11-26(12-17-42)44-15-5-8-34(44)48)25-9-10-30(36(37,38)39)32(20-25)52-24-33(47)40-14-19-51-28-6-3-2-4-7-28/h2-4,6-7,9-10,20,26-27,46H,5,8,11-19,21-24H2,1H3,(H,40,47). The van der Waals surface area contributed by atoms with Gasteiger partial charge in [-0.15, -0.1) is 11.8 Å². The van der Waals surface area contributed by atoms with Crippen molar-refractivity contribution < 1.29 is 41.0 Å². The molecule has 0 spiro atoms. The first-order chi connectivity index (χ1) is 25.3. The molecule has 3 aromatic rings. The summed E-state index contributed by atoms with van der Waals surface area (Å²) in [6, 6.07) is 12.9. The lowest BCUT2D eigenvalue weighted by molar-refractivity contribution is -0.139. The lowest BCUT2D eigenvalue weighted by atomic mass is 10.0. The number of halogens is 3. The van der Waals surface area contributed by atoms with Crippen molar-refractivity contribution in [2.45, 2.75) is 68.4 Å². The van der Waals surface area contributed by atoms with Crippen LogP contribution in [0.5, 0.6) is 5.75 Å². The van der Waals surface area contributed by atoms with Crippen molar-refractivity contribution in [3.63, 3.8) is 0 Å². The number of aliphatic hydroxyl groups excluding tert-OH is 1. The number of rotatable bonds is 14. The zero-order valence-corrected chi connectivity index (χ0v) is 31.2. The van der Waals surface area contributed by atoms with Crippen LogP contribution in [-0.4, -0.2) is 119 Å². The predicted octanol–water partition coefficient (Wildman–Crippen LogP) is 3.62. The zero-order chi connectivity index (χ0) is 37.8. The zero-order valence-electron chi connectivity index (χ0n) is 29.6. The third-order valence-electron chi connectivity index (χ3n) is 9.88. The van der Waals surface area contributed by atoms with Crippen LogP contribution in [0.3, 0.4) is 0 Å². The summed E-state index contributed by atoms with van der Waals surface area (Å²) in [5, 5.41) is 18.7. The molecule has 2 fully saturated rings. The largest absolute Gasteiger partial charge is 0.492 e. The number of hydrogen-bond donors (Lipinski definition) is 2. The van der Waals surface area contributed by atoms with E-state index in [0.29, 0.717) is 42.0 Å². The quantitative estimate of drug-likeness (QED) is 0.186. The van der Waals surface area contributed by atoms with Gasteiger partial charge in [-0.2, -0.15) is 22.6 Å². The van der Waals surface area contributed by atoms with Crippen molar-refractivity contribution in [1.82, 2.24) is 29.2 Å². The number of likely N-dealkylation sites (tertiary alicyclic amines) is 2. The Morgan fingerprint density at radius 3 is 2.51 bits per heavy atom. The maximum atomic E-state index is 14.2. The number of carbonyl (C=O) groups excluding carboxylic acids is 2. The number of piperidine rings is 1. The molecule has 12 nitrogen and oxygen atoms in total. The molecule has 0 saturated carbocycles. The van der Waals surface area contributed by atoms with Gasteiger partial charge in [-0.05, 0) is 43.5 Å². The highest BCUT2D eigenvalue weighted by Crippen LogP contribution is 2.40. The topological polar surface area (TPSA) is 137 Å². The summed E-state index contributed by atoms with van der Waals surface area (Å²) in [5.41, 5.74) is 1.06. The fourth-order valence-electron chi connectivity index (χ4n) is 7.25. The van der Waals surface area contributed by atoms with Crippen molar-refractivity contribution >= 4 is 33.6 Å². The third-order valence-corrected chi connectivity index (χ3v) is 12.2. The number of thioether (sulfide) groups is 1. The average Bonchev–Trinajstić information content (AvgIpc) is 3.72. The molecule has 2 N–H and O–H groups in total. The van der Waals surface area contributed by atoms with Crippen LogP contribution >= 0.6 is 11.8 Å². The molecular formula is C36H45F3N6O6S2. The highest BCUT2D eigenvalue weighted by Gasteiger charge is 2.36. The SMILES string of the molecule is CS(=O)(=O)N1CCc2c(c(-c3ccc(C(F)(F)F)c(SCC(=O)NCCOc4ccccc4)c3)nn2CC(O)CN2CCC(N3CCCC3=O)CC2)C1. The lowest BCUT2D eigenvalue weighted by Gasteiger charge is -2.37. The van der Waals surface area contributed by atoms with E-state index in [4.69, 9.17) is 9.84 Å². The second-order valence-electron chi connectivity index (χ2n) is 13.7. The first-order valence-corrected chi connectivity index (χ1v) is 20.6. The number of aliphatic hydroxyl groups is 1. The fraction of sp³-hybridized carbons (Fsp3) is 0.528. The molecule has 1 atom stereocenters. The summed E-state index contributed by atoms with van der Waals surface area (Å²) >= 11 is 0.752. The Hall–Kier alpha value is -3.64. The fourth-order valence-corrected chi connectivity index (χ4v) is 8.97. The smallest absolute Gasteiger partial charge is 0.417 e. The molecule has 2 amide bonds. The number of nitrogens with zero attached hydrogens (tertiary/aromatic N) is 5. The van der Waals surface area contributed by atoms with Crippen LogP contribution in [0.25, 0.3) is 11.3 Å². The van der Waals surface area contributed by atoms with E-state index in [1.165, 1.54) is 16.4 Å². The molecule has 4 heterocycles. The predicted molar refractivity (Wildman–Crippen MR) is 194 cm³/mol. The van der Waals surface area contributed by atoms with Crippen molar-refractivity contribution in [1.29, 1.82) is 0 Å². The molecule has 0 bridgehead atoms. The van der Waals surface area contributed by atoms with Gasteiger partial charge in [-0.1, -0.05) is 24.3 Å². The van der Waals surface area contributed by atoms with Crippen LogP contribution in [0.2, 0.25) is 0 Å². The number of benzene rings is 2. The van der Waals surface area contributed by atoms with E-state index in [-0.39, 0.29) is 55.4 Å². The number of para-hydroxylation sites is 1. The molecule has 1 unspecified atom stereocenters. The highest BCUT2D eigenvalue weighted by molar-refractivity contribution is 8.00. The summed E-state index contributed by atoms with van der Waals surface area (Å²) in [7, 11) is -3.58. The molecule has 3 aliphatic heterocycles. The Kier molecular flexibility index (Phi) is 12.4. The molecule has 53 heavy (non-hydrogen) atoms. The van der Waals surface area contributed by atoms with E-state index in [0.717, 1.165) is 68.7 Å². The van der Waals surface area contributed by atoms with E-state index >= 15 is 0 Å². The lowest BCUT2D eigenvalue weighted by Crippen LogP contribution is -2.47. The molecule has 6 rings (SSSR count). The summed E-state index contributed by atoms with van der Waals surface area (Å²) in [6.45, 7) is 3.32. The van der Waals surface area contributed by atoms with Gasteiger partial charge in [-0.3, -0.25) is 14.3 Å². The Labute approximate surface area is 311 Å². The third kappa shape index (κ3) is 9.92. The maximum Gasteiger partial charge on any atom is 0.417 e. The van der Waals surface area contributed by atoms with Gasteiger partial charge in [0.1, 0.15) is 12.4 Å². The van der Waals surface area contributed by atoms with Crippen molar-refractivity contribution in [3.8, 4) is 17.0 Å². The van der Waals surface area contributed by atoms with E-state index in [1.807, 2.05) is 23.1 Å². The minimum atomic E-state index is -4.69. The Balaban J connectivity index is 1.16. The molecule has 0 radical (unpaired) electrons. The highest BCUT2D eigenvalue weighted by atomic mass is 32.2. The first kappa shape index (κ1) is 39.1. The van der Waals surface area contributed by atoms with Gasteiger partial charge >= 0.3 is 6.18 Å². The Morgan fingerprint density at radius 1 is 1.08 bits per heavy atom. The minimum absolute atomic E-state index is 0.0146. The van der Waals surface area contributed by atoms with Gasteiger partial charge in [-0.25, -0.2) is 8.42 Å². The number of nitrogens with one attached hydrogen (secondary N) is 1. The molecule has 3 aliphatic rings. The summed E-state index contributed by atoms with van der Waals surface area (Å²) in [6.07, 6.45) is -0.915. The monoisotopic (exact) mass is 778 g/mol. The van der Waals surface area contributed by atoms with Crippen LogP contribution in [0.4, 0.5) is 13.2 Å². The van der Waals surface area contributed by atoms with Crippen LogP contribution in [-0.2, 0) is 45.3 Å². The van der Waals surface area contributed by atoms with E-state index in [2.05, 4.69) is 10.2 Å². The summed E-state index contributed by atoms with van der Waals surface area (Å²) in [5.74, 6) is 0.110. The second kappa shape index (κ2) is 16.8. The number of amides is 2. The molecule has 2 saturated heterocycles. The van der Waals surface area contributed by atoms with Gasteiger partial charge in [0.15, 0.2) is 0 Å². The Morgan fingerprint density at radius 2 is 1.83 bits per heavy atom. The number of sulfonamides is 1. The number of ether oxygens (including phenoxy) is 1. The molecular weight excluding hydrogens is 734 g/mol. The van der Waals surface area contributed by atoms with E-state index in [9.17, 15) is 36.3 Å². The molecule has 0 aliphatic carbocycles. The van der Waals surface area contributed by atoms with Crippen LogP contribution in [0.1, 0.15) is 42.5 Å². The Bertz CT molecular complexity index is 1870. The van der Waals surface area contributed by atoms with Gasteiger partial charge in [0, 0.05) is 79.9 Å². The number of hydrogen-bond acceptors (Lipinski definition) is 9. The van der Waals surface area contributed by atoms with Crippen molar-refractivity contribution in [2.75, 3.05) is 57.9 Å². The molecule has 1 aromatic heterocycles. The van der Waals surface area contributed by atoms with Gasteiger partial charge < -0.3 is 25.0 Å². The average molecular weight is 779 g/mol. The van der Waals surface area contributed by atoms with Crippen LogP contribution in [0.15, 0.2) is 53.4 Å². The number of aromatic nitrogens is 2. The number of alkyl halides is 3. The maximum absolute atomic E-state index is 14.2. The van der Waals surface area contributed by atoms with Crippen molar-refractivity contribution in [2.24, 2.45) is 0 Å². The number of carbonyl (C=O) groups is 2. The van der Waals surface area contributed by atoms with Crippen LogP contribution in [0, 0.1) is 0 Å². The van der Waals surface area contributed by atoms with E-state index < -0.39 is 33.8 Å². The van der Waals surface area contributed by atoms with E-state index in [1.54, 1.807) is 16.8 Å². The summed E-state index contributed by atoms with van der Waals surface area (Å²) in [4.78, 5) is 28.8. The number of fused-ring (bicyclic) bond motifs is 1. The minimum Gasteiger partial charge on any atom is -0.492 e. The van der Waals surface area contributed by atoms with Gasteiger partial charge in [0.25, 0.3) is 0 Å².